The van der Waals surface area contributed by atoms with E-state index in [-0.39, 0.29) is 5.75 Å². The van der Waals surface area contributed by atoms with Crippen molar-refractivity contribution in [1.82, 2.24) is 0 Å². The molecular weight excluding hydrogens is 272 g/mol. The van der Waals surface area contributed by atoms with E-state index in [0.29, 0.717) is 10.0 Å². The number of esters is 1. The number of phenols is 1. The zero-order valence-corrected chi connectivity index (χ0v) is 11.2. The Morgan fingerprint density at radius 1 is 1.56 bits per heavy atom. The maximum absolute atomic E-state index is 11.5. The Labute approximate surface area is 104 Å². The number of phenolic OH excluding ortho intramolecular Hbond substituents is 1. The first kappa shape index (κ1) is 13.0. The third-order valence-electron chi connectivity index (χ3n) is 2.53. The second-order valence-electron chi connectivity index (χ2n) is 3.60. The minimum absolute atomic E-state index is 0.0782. The molecule has 0 aliphatic carbocycles. The number of benzene rings is 1. The molecule has 0 saturated carbocycles. The Hall–Kier alpha value is -1.03. The number of rotatable bonds is 3. The first-order chi connectivity index (χ1) is 7.52. The van der Waals surface area contributed by atoms with E-state index in [0.717, 1.165) is 24.0 Å². The second kappa shape index (κ2) is 5.34. The summed E-state index contributed by atoms with van der Waals surface area (Å²) in [5, 5.41) is 9.72. The highest BCUT2D eigenvalue weighted by atomic mass is 79.9. The van der Waals surface area contributed by atoms with Gasteiger partial charge in [0.2, 0.25) is 0 Å². The average molecular weight is 287 g/mol. The molecule has 0 saturated heterocycles. The van der Waals surface area contributed by atoms with Gasteiger partial charge in [-0.2, -0.15) is 0 Å². The molecule has 4 heteroatoms. The molecular formula is C12H15BrO3. The largest absolute Gasteiger partial charge is 0.507 e. The van der Waals surface area contributed by atoms with Gasteiger partial charge >= 0.3 is 5.97 Å². The van der Waals surface area contributed by atoms with E-state index in [4.69, 9.17) is 0 Å². The quantitative estimate of drug-likeness (QED) is 0.868. The van der Waals surface area contributed by atoms with Crippen molar-refractivity contribution in [2.45, 2.75) is 26.7 Å². The van der Waals surface area contributed by atoms with Crippen LogP contribution in [0.5, 0.6) is 5.75 Å². The SMILES string of the molecule is CCCc1c(C)c(C(=O)OC)cc(O)c1Br. The van der Waals surface area contributed by atoms with Crippen LogP contribution in [-0.2, 0) is 11.2 Å². The third kappa shape index (κ3) is 2.38. The van der Waals surface area contributed by atoms with Gasteiger partial charge in [0.15, 0.2) is 0 Å². The van der Waals surface area contributed by atoms with Crippen LogP contribution in [0.3, 0.4) is 0 Å². The van der Waals surface area contributed by atoms with Crippen molar-refractivity contribution in [2.75, 3.05) is 7.11 Å². The zero-order chi connectivity index (χ0) is 12.3. The van der Waals surface area contributed by atoms with E-state index in [2.05, 4.69) is 20.7 Å². The Balaban J connectivity index is 3.37. The lowest BCUT2D eigenvalue weighted by atomic mass is 9.98. The number of methoxy groups -OCH3 is 1. The normalized spacial score (nSPS) is 10.2. The summed E-state index contributed by atoms with van der Waals surface area (Å²) in [4.78, 5) is 11.5. The summed E-state index contributed by atoms with van der Waals surface area (Å²) in [5.74, 6) is -0.341. The number of halogens is 1. The number of hydrogen-bond donors (Lipinski definition) is 1. The molecule has 1 aromatic carbocycles. The second-order valence-corrected chi connectivity index (χ2v) is 4.40. The van der Waals surface area contributed by atoms with Crippen molar-refractivity contribution < 1.29 is 14.6 Å². The lowest BCUT2D eigenvalue weighted by Crippen LogP contribution is -2.06. The Morgan fingerprint density at radius 2 is 2.19 bits per heavy atom. The number of aromatic hydroxyl groups is 1. The van der Waals surface area contributed by atoms with Gasteiger partial charge in [-0.1, -0.05) is 13.3 Å². The van der Waals surface area contributed by atoms with Crippen LogP contribution in [0, 0.1) is 6.92 Å². The molecule has 0 spiro atoms. The maximum atomic E-state index is 11.5. The van der Waals surface area contributed by atoms with Crippen molar-refractivity contribution >= 4 is 21.9 Å². The van der Waals surface area contributed by atoms with Gasteiger partial charge in [0.1, 0.15) is 5.75 Å². The van der Waals surface area contributed by atoms with Gasteiger partial charge < -0.3 is 9.84 Å². The number of ether oxygens (including phenoxy) is 1. The molecule has 0 aliphatic rings. The van der Waals surface area contributed by atoms with Gasteiger partial charge in [-0.15, -0.1) is 0 Å². The van der Waals surface area contributed by atoms with Gasteiger partial charge in [0, 0.05) is 0 Å². The molecule has 0 amide bonds. The fourth-order valence-corrected chi connectivity index (χ4v) is 2.27. The smallest absolute Gasteiger partial charge is 0.338 e. The van der Waals surface area contributed by atoms with Gasteiger partial charge in [-0.25, -0.2) is 4.79 Å². The summed E-state index contributed by atoms with van der Waals surface area (Å²) in [6.07, 6.45) is 1.76. The fourth-order valence-electron chi connectivity index (χ4n) is 1.66. The van der Waals surface area contributed by atoms with Gasteiger partial charge in [-0.3, -0.25) is 0 Å². The fraction of sp³-hybridized carbons (Fsp3) is 0.417. The van der Waals surface area contributed by atoms with Crippen LogP contribution in [0.25, 0.3) is 0 Å². The van der Waals surface area contributed by atoms with Crippen molar-refractivity contribution in [2.24, 2.45) is 0 Å². The molecule has 3 nitrogen and oxygen atoms in total. The first-order valence-electron chi connectivity index (χ1n) is 5.12. The molecule has 0 radical (unpaired) electrons. The van der Waals surface area contributed by atoms with Crippen LogP contribution in [0.15, 0.2) is 10.5 Å². The molecule has 1 rings (SSSR count). The molecule has 0 atom stereocenters. The monoisotopic (exact) mass is 286 g/mol. The van der Waals surface area contributed by atoms with Crippen LogP contribution < -0.4 is 0 Å². The minimum atomic E-state index is -0.419. The predicted octanol–water partition coefficient (Wildman–Crippen LogP) is 3.20. The Kier molecular flexibility index (Phi) is 4.35. The molecule has 16 heavy (non-hydrogen) atoms. The number of carbonyl (C=O) groups is 1. The zero-order valence-electron chi connectivity index (χ0n) is 9.63. The van der Waals surface area contributed by atoms with Gasteiger partial charge in [0.05, 0.1) is 17.1 Å². The van der Waals surface area contributed by atoms with Crippen LogP contribution in [-0.4, -0.2) is 18.2 Å². The van der Waals surface area contributed by atoms with Gasteiger partial charge in [-0.05, 0) is 46.5 Å². The number of carbonyl (C=O) groups excluding carboxylic acids is 1. The number of hydrogen-bond acceptors (Lipinski definition) is 3. The molecule has 0 unspecified atom stereocenters. The van der Waals surface area contributed by atoms with Crippen molar-refractivity contribution in [3.05, 3.63) is 27.2 Å². The van der Waals surface area contributed by atoms with Crippen LogP contribution in [0.1, 0.15) is 34.8 Å². The molecule has 1 aromatic rings. The van der Waals surface area contributed by atoms with Crippen molar-refractivity contribution in [3.8, 4) is 5.75 Å². The summed E-state index contributed by atoms with van der Waals surface area (Å²) >= 11 is 3.34. The van der Waals surface area contributed by atoms with E-state index in [1.165, 1.54) is 13.2 Å². The average Bonchev–Trinajstić information content (AvgIpc) is 2.28. The summed E-state index contributed by atoms with van der Waals surface area (Å²) in [5.41, 5.74) is 2.24. The Bertz CT molecular complexity index is 413. The lowest BCUT2D eigenvalue weighted by molar-refractivity contribution is 0.0599. The minimum Gasteiger partial charge on any atom is -0.507 e. The highest BCUT2D eigenvalue weighted by molar-refractivity contribution is 9.10. The predicted molar refractivity (Wildman–Crippen MR) is 65.9 cm³/mol. The lowest BCUT2D eigenvalue weighted by Gasteiger charge is -2.13. The van der Waals surface area contributed by atoms with E-state index in [1.54, 1.807) is 0 Å². The molecule has 1 N–H and O–H groups in total. The van der Waals surface area contributed by atoms with Crippen molar-refractivity contribution in [3.63, 3.8) is 0 Å². The summed E-state index contributed by atoms with van der Waals surface area (Å²) in [6.45, 7) is 3.91. The molecule has 0 fully saturated rings. The summed E-state index contributed by atoms with van der Waals surface area (Å²) in [6, 6.07) is 1.43. The van der Waals surface area contributed by atoms with Crippen molar-refractivity contribution in [1.29, 1.82) is 0 Å². The Morgan fingerprint density at radius 3 is 2.69 bits per heavy atom. The molecule has 0 heterocycles. The van der Waals surface area contributed by atoms with Crippen LogP contribution >= 0.6 is 15.9 Å². The van der Waals surface area contributed by atoms with E-state index in [1.807, 2.05) is 13.8 Å². The third-order valence-corrected chi connectivity index (χ3v) is 3.42. The first-order valence-corrected chi connectivity index (χ1v) is 5.91. The molecule has 0 aromatic heterocycles. The molecule has 88 valence electrons. The highest BCUT2D eigenvalue weighted by Crippen LogP contribution is 2.33. The molecule has 0 aliphatic heterocycles. The van der Waals surface area contributed by atoms with Gasteiger partial charge in [0.25, 0.3) is 0 Å². The summed E-state index contributed by atoms with van der Waals surface area (Å²) < 4.78 is 5.35. The summed E-state index contributed by atoms with van der Waals surface area (Å²) in [7, 11) is 1.33. The van der Waals surface area contributed by atoms with E-state index >= 15 is 0 Å². The standard InChI is InChI=1S/C12H15BrO3/c1-4-5-8-7(2)9(12(15)16-3)6-10(14)11(8)13/h6,14H,4-5H2,1-3H3. The molecule has 0 bridgehead atoms. The maximum Gasteiger partial charge on any atom is 0.338 e. The topological polar surface area (TPSA) is 46.5 Å². The van der Waals surface area contributed by atoms with E-state index < -0.39 is 5.97 Å². The van der Waals surface area contributed by atoms with E-state index in [9.17, 15) is 9.90 Å². The van der Waals surface area contributed by atoms with Crippen LogP contribution in [0.2, 0.25) is 0 Å². The van der Waals surface area contributed by atoms with Crippen LogP contribution in [0.4, 0.5) is 0 Å². The highest BCUT2D eigenvalue weighted by Gasteiger charge is 2.17.